The van der Waals surface area contributed by atoms with Gasteiger partial charge in [-0.1, -0.05) is 0 Å². The van der Waals surface area contributed by atoms with Gasteiger partial charge in [-0.25, -0.2) is 12.1 Å². The molecule has 1 rings (SSSR count). The third kappa shape index (κ3) is 6.39. The minimum atomic E-state index is 0. The zero-order valence-corrected chi connectivity index (χ0v) is 7.00. The van der Waals surface area contributed by atoms with Crippen molar-refractivity contribution >= 4 is 0 Å². The van der Waals surface area contributed by atoms with Gasteiger partial charge in [0.2, 0.25) is 0 Å². The Balaban J connectivity index is -0.0000000833. The van der Waals surface area contributed by atoms with E-state index in [1.807, 2.05) is 30.3 Å². The van der Waals surface area contributed by atoms with Gasteiger partial charge < -0.3 is 7.43 Å². The standard InChI is InChI=1S/C5H5.CH3.2Mn/c1-2-4-5-3-1;;;/h1-5H;1H3;;/q2*-1;;+2. The smallest absolute Gasteiger partial charge is 0.358 e. The SMILES string of the molecule is [CH3-].[Mn+2].[Mn].c1cc[cH-]c1. The van der Waals surface area contributed by atoms with Gasteiger partial charge in [-0.2, -0.15) is 18.2 Å². The average Bonchev–Trinajstić information content (AvgIpc) is 1.76. The van der Waals surface area contributed by atoms with Crippen LogP contribution in [0, 0.1) is 7.43 Å². The van der Waals surface area contributed by atoms with Gasteiger partial charge in [0.05, 0.1) is 0 Å². The fraction of sp³-hybridized carbons (Fsp3) is 0. The van der Waals surface area contributed by atoms with Crippen LogP contribution in [0.3, 0.4) is 0 Å². The summed E-state index contributed by atoms with van der Waals surface area (Å²) in [6, 6.07) is 10.0. The molecule has 1 aromatic carbocycles. The van der Waals surface area contributed by atoms with E-state index >= 15 is 0 Å². The molecule has 46 valence electrons. The van der Waals surface area contributed by atoms with Crippen molar-refractivity contribution in [3.63, 3.8) is 0 Å². The Hall–Kier alpha value is 0.389. The first kappa shape index (κ1) is 15.8. The molecule has 0 atom stereocenters. The Labute approximate surface area is 72.0 Å². The summed E-state index contributed by atoms with van der Waals surface area (Å²) in [6.45, 7) is 0. The molecule has 0 unspecified atom stereocenters. The van der Waals surface area contributed by atoms with E-state index in [-0.39, 0.29) is 41.6 Å². The third-order valence-corrected chi connectivity index (χ3v) is 0.556. The first-order valence-electron chi connectivity index (χ1n) is 1.67. The summed E-state index contributed by atoms with van der Waals surface area (Å²) in [6.07, 6.45) is 0. The first-order chi connectivity index (χ1) is 2.50. The monoisotopic (exact) mass is 190 g/mol. The van der Waals surface area contributed by atoms with Crippen LogP contribution in [0.4, 0.5) is 0 Å². The predicted molar refractivity (Wildman–Crippen MR) is 28.4 cm³/mol. The summed E-state index contributed by atoms with van der Waals surface area (Å²) in [5, 5.41) is 0. The number of hydrogen-bond acceptors (Lipinski definition) is 0. The van der Waals surface area contributed by atoms with E-state index in [1.165, 1.54) is 0 Å². The van der Waals surface area contributed by atoms with Crippen molar-refractivity contribution in [3.8, 4) is 0 Å². The van der Waals surface area contributed by atoms with Crippen LogP contribution < -0.4 is 0 Å². The quantitative estimate of drug-likeness (QED) is 0.432. The molecule has 8 heavy (non-hydrogen) atoms. The van der Waals surface area contributed by atoms with Gasteiger partial charge in [0.1, 0.15) is 0 Å². The van der Waals surface area contributed by atoms with Gasteiger partial charge in [-0.3, -0.25) is 0 Å². The van der Waals surface area contributed by atoms with Crippen molar-refractivity contribution in [2.75, 3.05) is 0 Å². The van der Waals surface area contributed by atoms with Crippen LogP contribution in [0.25, 0.3) is 0 Å². The van der Waals surface area contributed by atoms with E-state index in [9.17, 15) is 0 Å². The first-order valence-corrected chi connectivity index (χ1v) is 1.67. The Morgan fingerprint density at radius 1 is 1.00 bits per heavy atom. The molecule has 0 N–H and O–H groups in total. The Kier molecular flexibility index (Phi) is 20.5. The second kappa shape index (κ2) is 10.4. The fourth-order valence-corrected chi connectivity index (χ4v) is 0.321. The van der Waals surface area contributed by atoms with Crippen LogP contribution in [0.15, 0.2) is 30.3 Å². The molecule has 0 aliphatic carbocycles. The van der Waals surface area contributed by atoms with E-state index in [4.69, 9.17) is 0 Å². The van der Waals surface area contributed by atoms with Gasteiger partial charge >= 0.3 is 17.1 Å². The maximum atomic E-state index is 2.00. The summed E-state index contributed by atoms with van der Waals surface area (Å²) >= 11 is 0. The molecule has 0 heterocycles. The van der Waals surface area contributed by atoms with Crippen LogP contribution in [0.1, 0.15) is 0 Å². The molecule has 0 fully saturated rings. The molecule has 0 saturated carbocycles. The minimum absolute atomic E-state index is 0. The van der Waals surface area contributed by atoms with Crippen molar-refractivity contribution in [2.24, 2.45) is 0 Å². The molecule has 0 aromatic heterocycles. The van der Waals surface area contributed by atoms with E-state index in [0.717, 1.165) is 0 Å². The van der Waals surface area contributed by atoms with Crippen LogP contribution in [-0.4, -0.2) is 0 Å². The zero-order valence-electron chi connectivity index (χ0n) is 4.64. The molecular weight excluding hydrogens is 182 g/mol. The van der Waals surface area contributed by atoms with Crippen molar-refractivity contribution in [2.45, 2.75) is 0 Å². The molecule has 2 heteroatoms. The summed E-state index contributed by atoms with van der Waals surface area (Å²) in [5.74, 6) is 0. The van der Waals surface area contributed by atoms with E-state index in [1.54, 1.807) is 0 Å². The maximum Gasteiger partial charge on any atom is 2.00 e. The van der Waals surface area contributed by atoms with Crippen LogP contribution >= 0.6 is 0 Å². The topological polar surface area (TPSA) is 0 Å². The number of hydrogen-bond donors (Lipinski definition) is 0. The van der Waals surface area contributed by atoms with Crippen molar-refractivity contribution < 1.29 is 34.1 Å². The van der Waals surface area contributed by atoms with Crippen LogP contribution in [0.2, 0.25) is 0 Å². The van der Waals surface area contributed by atoms with Crippen LogP contribution in [0.5, 0.6) is 0 Å². The van der Waals surface area contributed by atoms with Gasteiger partial charge in [-0.15, -0.1) is 0 Å². The van der Waals surface area contributed by atoms with Gasteiger partial charge in [0.25, 0.3) is 0 Å². The third-order valence-electron chi connectivity index (χ3n) is 0.556. The summed E-state index contributed by atoms with van der Waals surface area (Å²) in [4.78, 5) is 0. The average molecular weight is 190 g/mol. The molecule has 2 radical (unpaired) electrons. The molecule has 0 aliphatic heterocycles. The molecule has 0 amide bonds. The van der Waals surface area contributed by atoms with E-state index in [0.29, 0.717) is 0 Å². The summed E-state index contributed by atoms with van der Waals surface area (Å²) in [7, 11) is 0. The van der Waals surface area contributed by atoms with Gasteiger partial charge in [-0.05, 0) is 0 Å². The predicted octanol–water partition coefficient (Wildman–Crippen LogP) is 1.85. The zero-order chi connectivity index (χ0) is 3.54. The van der Waals surface area contributed by atoms with Gasteiger partial charge in [0.15, 0.2) is 0 Å². The summed E-state index contributed by atoms with van der Waals surface area (Å²) in [5.41, 5.74) is 0. The van der Waals surface area contributed by atoms with Crippen molar-refractivity contribution in [3.05, 3.63) is 37.8 Å². The molecule has 1 aromatic rings. The molecule has 0 aliphatic rings. The maximum absolute atomic E-state index is 2.00. The normalized spacial score (nSPS) is 5.00. The Morgan fingerprint density at radius 2 is 1.38 bits per heavy atom. The fourth-order valence-electron chi connectivity index (χ4n) is 0.321. The minimum Gasteiger partial charge on any atom is -0.358 e. The van der Waals surface area contributed by atoms with Gasteiger partial charge in [0, 0.05) is 17.1 Å². The molecular formula is C6H8Mn2. The largest absolute Gasteiger partial charge is 2.00 e. The van der Waals surface area contributed by atoms with Crippen molar-refractivity contribution in [1.82, 2.24) is 0 Å². The molecule has 0 bridgehead atoms. The van der Waals surface area contributed by atoms with Crippen molar-refractivity contribution in [1.29, 1.82) is 0 Å². The second-order valence-electron chi connectivity index (χ2n) is 0.962. The van der Waals surface area contributed by atoms with E-state index in [2.05, 4.69) is 0 Å². The summed E-state index contributed by atoms with van der Waals surface area (Å²) < 4.78 is 0. The Bertz CT molecular complexity index is 63.0. The number of rotatable bonds is 0. The van der Waals surface area contributed by atoms with E-state index < -0.39 is 0 Å². The molecule has 0 saturated heterocycles. The molecule has 0 nitrogen and oxygen atoms in total. The second-order valence-corrected chi connectivity index (χ2v) is 0.962. The molecule has 0 spiro atoms. The van der Waals surface area contributed by atoms with Crippen LogP contribution in [-0.2, 0) is 34.1 Å². The Morgan fingerprint density at radius 3 is 1.50 bits per heavy atom.